The highest BCUT2D eigenvalue weighted by Gasteiger charge is 2.33. The molecule has 4 rings (SSSR count). The normalized spacial score (nSPS) is 15.3. The van der Waals surface area contributed by atoms with E-state index in [1.54, 1.807) is 48.5 Å². The van der Waals surface area contributed by atoms with Crippen molar-refractivity contribution >= 4 is 50.3 Å². The van der Waals surface area contributed by atoms with Gasteiger partial charge in [0, 0.05) is 18.1 Å². The van der Waals surface area contributed by atoms with Gasteiger partial charge < -0.3 is 24.7 Å². The van der Waals surface area contributed by atoms with Crippen molar-refractivity contribution in [2.24, 2.45) is 0 Å². The zero-order chi connectivity index (χ0) is 29.4. The van der Waals surface area contributed by atoms with Crippen LogP contribution in [-0.2, 0) is 25.1 Å². The molecule has 2 heterocycles. The smallest absolute Gasteiger partial charge is 0.318 e. The number of halogens is 1. The molecular weight excluding hydrogens is 572 g/mol. The standard InChI is InChI=1S/C28H33ClN4O7S/c1-2-3-10-22(25(34)27-31-21-11-6-7-12-24(21)40-27)30-26(35)23(32-28(36)33-13-15-39-16-14-33)18-41(37,38)17-19-8-4-5-9-20(19)29/h4-9,11-12,22-23H,2-3,10,13-18H2,1H3,(H,30,35)(H,32,36)/t22-,23?/m0/s1. The van der Waals surface area contributed by atoms with Crippen LogP contribution in [-0.4, -0.2) is 80.2 Å². The minimum Gasteiger partial charge on any atom is -0.434 e. The molecule has 220 valence electrons. The average molecular weight is 605 g/mol. The first-order valence-corrected chi connectivity index (χ1v) is 15.6. The Balaban J connectivity index is 1.56. The van der Waals surface area contributed by atoms with E-state index in [1.807, 2.05) is 6.92 Å². The summed E-state index contributed by atoms with van der Waals surface area (Å²) in [5.41, 5.74) is 1.30. The minimum absolute atomic E-state index is 0.159. The van der Waals surface area contributed by atoms with Crippen LogP contribution in [0.5, 0.6) is 0 Å². The topological polar surface area (TPSA) is 148 Å². The lowest BCUT2D eigenvalue weighted by atomic mass is 10.0. The van der Waals surface area contributed by atoms with Crippen LogP contribution in [0.3, 0.4) is 0 Å². The molecule has 0 aliphatic carbocycles. The van der Waals surface area contributed by atoms with Crippen molar-refractivity contribution in [3.63, 3.8) is 0 Å². The van der Waals surface area contributed by atoms with Gasteiger partial charge in [-0.05, 0) is 30.2 Å². The summed E-state index contributed by atoms with van der Waals surface area (Å²) in [7, 11) is -3.94. The van der Waals surface area contributed by atoms with Crippen LogP contribution >= 0.6 is 11.6 Å². The summed E-state index contributed by atoms with van der Waals surface area (Å²) in [6.07, 6.45) is 1.62. The number of para-hydroxylation sites is 2. The van der Waals surface area contributed by atoms with Gasteiger partial charge in [0.15, 0.2) is 15.4 Å². The van der Waals surface area contributed by atoms with E-state index in [1.165, 1.54) is 4.90 Å². The third kappa shape index (κ3) is 8.27. The molecule has 2 N–H and O–H groups in total. The molecular formula is C28H33ClN4O7S. The Labute approximate surface area is 243 Å². The zero-order valence-corrected chi connectivity index (χ0v) is 24.2. The molecule has 0 bridgehead atoms. The fraction of sp³-hybridized carbons (Fsp3) is 0.429. The first kappa shape index (κ1) is 30.5. The number of hydrogen-bond acceptors (Lipinski definition) is 8. The van der Waals surface area contributed by atoms with Crippen LogP contribution in [0.15, 0.2) is 52.9 Å². The van der Waals surface area contributed by atoms with Crippen LogP contribution in [0.25, 0.3) is 11.1 Å². The number of ether oxygens (including phenoxy) is 1. The number of Topliss-reactive ketones (excluding diaryl/α,β-unsaturated/α-hetero) is 1. The lowest BCUT2D eigenvalue weighted by Crippen LogP contribution is -2.57. The molecule has 1 aliphatic heterocycles. The van der Waals surface area contributed by atoms with Gasteiger partial charge >= 0.3 is 6.03 Å². The highest BCUT2D eigenvalue weighted by Crippen LogP contribution is 2.20. The summed E-state index contributed by atoms with van der Waals surface area (Å²) in [5, 5.41) is 5.50. The molecule has 1 saturated heterocycles. The Bertz CT molecular complexity index is 1450. The second-order valence-electron chi connectivity index (χ2n) is 9.80. The SMILES string of the molecule is CCCC[C@H](NC(=O)C(CS(=O)(=O)Cc1ccccc1Cl)NC(=O)N1CCOCC1)C(=O)c1nc2ccccc2o1. The molecule has 0 saturated carbocycles. The maximum atomic E-state index is 13.6. The monoisotopic (exact) mass is 604 g/mol. The Hall–Kier alpha value is -3.48. The van der Waals surface area contributed by atoms with Gasteiger partial charge in [0.2, 0.25) is 11.7 Å². The van der Waals surface area contributed by atoms with Crippen molar-refractivity contribution in [3.8, 4) is 0 Å². The van der Waals surface area contributed by atoms with E-state index >= 15 is 0 Å². The number of nitrogens with zero attached hydrogens (tertiary/aromatic N) is 2. The number of unbranched alkanes of at least 4 members (excludes halogenated alkanes) is 1. The van der Waals surface area contributed by atoms with Crippen molar-refractivity contribution in [2.45, 2.75) is 44.0 Å². The number of aromatic nitrogens is 1. The number of oxazole rings is 1. The van der Waals surface area contributed by atoms with Gasteiger partial charge in [-0.25, -0.2) is 18.2 Å². The van der Waals surface area contributed by atoms with Crippen molar-refractivity contribution in [1.29, 1.82) is 0 Å². The molecule has 1 fully saturated rings. The summed E-state index contributed by atoms with van der Waals surface area (Å²) in [6, 6.07) is 10.3. The van der Waals surface area contributed by atoms with Gasteiger partial charge in [-0.3, -0.25) is 9.59 Å². The van der Waals surface area contributed by atoms with Crippen molar-refractivity contribution < 1.29 is 32.0 Å². The van der Waals surface area contributed by atoms with E-state index in [9.17, 15) is 22.8 Å². The Kier molecular flexibility index (Phi) is 10.4. The number of ketones is 1. The second kappa shape index (κ2) is 13.9. The molecule has 13 heteroatoms. The van der Waals surface area contributed by atoms with Crippen molar-refractivity contribution in [2.75, 3.05) is 32.1 Å². The van der Waals surface area contributed by atoms with Crippen molar-refractivity contribution in [3.05, 3.63) is 65.0 Å². The largest absolute Gasteiger partial charge is 0.434 e. The number of carbonyl (C=O) groups excluding carboxylic acids is 3. The van der Waals surface area contributed by atoms with Gasteiger partial charge in [-0.15, -0.1) is 0 Å². The molecule has 11 nitrogen and oxygen atoms in total. The Morgan fingerprint density at radius 1 is 1.02 bits per heavy atom. The lowest BCUT2D eigenvalue weighted by molar-refractivity contribution is -0.123. The second-order valence-corrected chi connectivity index (χ2v) is 12.3. The number of fused-ring (bicyclic) bond motifs is 1. The predicted molar refractivity (Wildman–Crippen MR) is 153 cm³/mol. The number of urea groups is 1. The average Bonchev–Trinajstić information content (AvgIpc) is 3.40. The Morgan fingerprint density at radius 2 is 1.73 bits per heavy atom. The predicted octanol–water partition coefficient (Wildman–Crippen LogP) is 3.36. The first-order chi connectivity index (χ1) is 19.7. The maximum absolute atomic E-state index is 13.6. The van der Waals surface area contributed by atoms with Crippen LogP contribution in [0.1, 0.15) is 42.4 Å². The molecule has 1 unspecified atom stereocenters. The number of hydrogen-bond donors (Lipinski definition) is 2. The number of carbonyl (C=O) groups is 3. The molecule has 1 aliphatic rings. The molecule has 2 atom stereocenters. The number of sulfone groups is 1. The van der Waals surface area contributed by atoms with Crippen LogP contribution in [0, 0.1) is 0 Å². The quantitative estimate of drug-likeness (QED) is 0.299. The first-order valence-electron chi connectivity index (χ1n) is 13.4. The van der Waals surface area contributed by atoms with Gasteiger partial charge in [0.1, 0.15) is 11.6 Å². The number of nitrogens with one attached hydrogen (secondary N) is 2. The Morgan fingerprint density at radius 3 is 2.44 bits per heavy atom. The lowest BCUT2D eigenvalue weighted by Gasteiger charge is -2.29. The molecule has 3 amide bonds. The number of amides is 3. The summed E-state index contributed by atoms with van der Waals surface area (Å²) in [6.45, 7) is 3.18. The van der Waals surface area contributed by atoms with E-state index in [0.29, 0.717) is 49.4 Å². The zero-order valence-electron chi connectivity index (χ0n) is 22.7. The molecule has 0 radical (unpaired) electrons. The highest BCUT2D eigenvalue weighted by molar-refractivity contribution is 7.90. The van der Waals surface area contributed by atoms with Gasteiger partial charge in [0.25, 0.3) is 5.89 Å². The third-order valence-corrected chi connectivity index (χ3v) is 8.61. The highest BCUT2D eigenvalue weighted by atomic mass is 35.5. The summed E-state index contributed by atoms with van der Waals surface area (Å²) in [4.78, 5) is 45.7. The van der Waals surface area contributed by atoms with Gasteiger partial charge in [-0.2, -0.15) is 0 Å². The number of morpholine rings is 1. The molecule has 1 aromatic heterocycles. The van der Waals surface area contributed by atoms with Crippen LogP contribution in [0.2, 0.25) is 5.02 Å². The van der Waals surface area contributed by atoms with Crippen molar-refractivity contribution in [1.82, 2.24) is 20.5 Å². The van der Waals surface area contributed by atoms with E-state index < -0.39 is 51.1 Å². The molecule has 0 spiro atoms. The van der Waals surface area contributed by atoms with E-state index in [0.717, 1.165) is 6.42 Å². The summed E-state index contributed by atoms with van der Waals surface area (Å²) >= 11 is 6.17. The fourth-order valence-corrected chi connectivity index (χ4v) is 6.30. The fourth-order valence-electron chi connectivity index (χ4n) is 4.43. The van der Waals surface area contributed by atoms with Crippen LogP contribution < -0.4 is 10.6 Å². The van der Waals surface area contributed by atoms with Gasteiger partial charge in [-0.1, -0.05) is 61.7 Å². The molecule has 41 heavy (non-hydrogen) atoms. The molecule has 2 aromatic carbocycles. The summed E-state index contributed by atoms with van der Waals surface area (Å²) in [5.74, 6) is -2.63. The van der Waals surface area contributed by atoms with Gasteiger partial charge in [0.05, 0.1) is 30.8 Å². The number of benzene rings is 2. The van der Waals surface area contributed by atoms with E-state index in [4.69, 9.17) is 20.8 Å². The molecule has 3 aromatic rings. The minimum atomic E-state index is -3.94. The van der Waals surface area contributed by atoms with Crippen LogP contribution in [0.4, 0.5) is 4.79 Å². The van der Waals surface area contributed by atoms with E-state index in [2.05, 4.69) is 15.6 Å². The van der Waals surface area contributed by atoms with E-state index in [-0.39, 0.29) is 17.3 Å². The maximum Gasteiger partial charge on any atom is 0.318 e. The summed E-state index contributed by atoms with van der Waals surface area (Å²) < 4.78 is 37.3. The third-order valence-electron chi connectivity index (χ3n) is 6.65. The number of rotatable bonds is 12.